The second-order valence-electron chi connectivity index (χ2n) is 7.37. The van der Waals surface area contributed by atoms with Gasteiger partial charge in [0.2, 0.25) is 0 Å². The van der Waals surface area contributed by atoms with Gasteiger partial charge in [-0.2, -0.15) is 5.26 Å². The molecule has 0 aromatic heterocycles. The van der Waals surface area contributed by atoms with E-state index in [1.165, 1.54) is 0 Å². The largest absolute Gasteiger partial charge is 0.508 e. The van der Waals surface area contributed by atoms with E-state index in [2.05, 4.69) is 42.4 Å². The van der Waals surface area contributed by atoms with Crippen LogP contribution in [0.25, 0.3) is 0 Å². The molecule has 0 radical (unpaired) electrons. The zero-order chi connectivity index (χ0) is 19.4. The molecular formula is C23H27N3O. The molecule has 0 bridgehead atoms. The van der Waals surface area contributed by atoms with Crippen LogP contribution < -0.4 is 0 Å². The molecule has 27 heavy (non-hydrogen) atoms. The summed E-state index contributed by atoms with van der Waals surface area (Å²) in [6, 6.07) is 18.3. The first-order valence-corrected chi connectivity index (χ1v) is 9.43. The maximum absolute atomic E-state index is 10.0. The van der Waals surface area contributed by atoms with Crippen molar-refractivity contribution in [2.24, 2.45) is 0 Å². The lowest BCUT2D eigenvalue weighted by molar-refractivity contribution is 0.0306. The Morgan fingerprint density at radius 2 is 1.89 bits per heavy atom. The van der Waals surface area contributed by atoms with Crippen molar-refractivity contribution in [3.05, 3.63) is 77.9 Å². The lowest BCUT2D eigenvalue weighted by Crippen LogP contribution is -2.57. The fourth-order valence-electron chi connectivity index (χ4n) is 4.02. The molecule has 2 aromatic carbocycles. The Kier molecular flexibility index (Phi) is 5.95. The van der Waals surface area contributed by atoms with Gasteiger partial charge in [-0.05, 0) is 49.2 Å². The van der Waals surface area contributed by atoms with Crippen LogP contribution in [0, 0.1) is 11.3 Å². The molecule has 3 rings (SSSR count). The van der Waals surface area contributed by atoms with E-state index in [9.17, 15) is 5.11 Å². The van der Waals surface area contributed by atoms with Gasteiger partial charge < -0.3 is 5.11 Å². The van der Waals surface area contributed by atoms with Crippen LogP contribution in [0.4, 0.5) is 0 Å². The summed E-state index contributed by atoms with van der Waals surface area (Å²) in [7, 11) is 0. The molecule has 2 aromatic rings. The molecule has 4 heteroatoms. The molecule has 140 valence electrons. The van der Waals surface area contributed by atoms with Crippen LogP contribution in [-0.2, 0) is 0 Å². The Labute approximate surface area is 162 Å². The second kappa shape index (κ2) is 8.39. The van der Waals surface area contributed by atoms with Crippen molar-refractivity contribution >= 4 is 0 Å². The lowest BCUT2D eigenvalue weighted by atomic mass is 9.93. The van der Waals surface area contributed by atoms with Gasteiger partial charge in [0.25, 0.3) is 0 Å². The molecule has 4 nitrogen and oxygen atoms in total. The summed E-state index contributed by atoms with van der Waals surface area (Å²) in [5.74, 6) is 0.275. The topological polar surface area (TPSA) is 50.5 Å². The van der Waals surface area contributed by atoms with Gasteiger partial charge in [-0.15, -0.1) is 6.58 Å². The third-order valence-electron chi connectivity index (χ3n) is 5.40. The van der Waals surface area contributed by atoms with Crippen molar-refractivity contribution in [3.8, 4) is 11.8 Å². The van der Waals surface area contributed by atoms with E-state index in [1.807, 2.05) is 42.5 Å². The number of benzene rings is 2. The molecule has 1 saturated heterocycles. The van der Waals surface area contributed by atoms with Gasteiger partial charge in [-0.25, -0.2) is 0 Å². The van der Waals surface area contributed by atoms with Crippen LogP contribution in [0.15, 0.2) is 61.2 Å². The number of piperazine rings is 1. The van der Waals surface area contributed by atoms with Crippen LogP contribution in [0.3, 0.4) is 0 Å². The molecule has 1 heterocycles. The molecule has 1 N–H and O–H groups in total. The van der Waals surface area contributed by atoms with E-state index in [0.29, 0.717) is 17.6 Å². The summed E-state index contributed by atoms with van der Waals surface area (Å²) in [6.45, 7) is 11.2. The first-order chi connectivity index (χ1) is 13.0. The Morgan fingerprint density at radius 3 is 2.52 bits per heavy atom. The smallest absolute Gasteiger partial charge is 0.115 e. The molecular weight excluding hydrogens is 334 g/mol. The summed E-state index contributed by atoms with van der Waals surface area (Å²) < 4.78 is 0. The number of phenolic OH excluding ortho intramolecular Hbond substituents is 1. The number of nitrogens with zero attached hydrogens (tertiary/aromatic N) is 3. The fraction of sp³-hybridized carbons (Fsp3) is 0.348. The van der Waals surface area contributed by atoms with Crippen molar-refractivity contribution < 1.29 is 5.11 Å². The summed E-state index contributed by atoms with van der Waals surface area (Å²) in [5.41, 5.74) is 2.86. The highest BCUT2D eigenvalue weighted by atomic mass is 16.3. The maximum Gasteiger partial charge on any atom is 0.115 e. The number of phenols is 1. The predicted octanol–water partition coefficient (Wildman–Crippen LogP) is 3.93. The van der Waals surface area contributed by atoms with Gasteiger partial charge in [0, 0.05) is 31.7 Å². The highest BCUT2D eigenvalue weighted by Gasteiger charge is 2.34. The van der Waals surface area contributed by atoms with Gasteiger partial charge in [-0.1, -0.05) is 30.3 Å². The highest BCUT2D eigenvalue weighted by Crippen LogP contribution is 2.34. The number of rotatable bonds is 5. The second-order valence-corrected chi connectivity index (χ2v) is 7.37. The number of aromatic hydroxyl groups is 1. The van der Waals surface area contributed by atoms with E-state index in [0.717, 1.165) is 30.8 Å². The predicted molar refractivity (Wildman–Crippen MR) is 109 cm³/mol. The highest BCUT2D eigenvalue weighted by molar-refractivity contribution is 5.39. The number of hydrogen-bond acceptors (Lipinski definition) is 4. The van der Waals surface area contributed by atoms with Crippen LogP contribution in [0.2, 0.25) is 0 Å². The van der Waals surface area contributed by atoms with Crippen molar-refractivity contribution in [2.75, 3.05) is 19.6 Å². The average Bonchev–Trinajstić information content (AvgIpc) is 2.66. The van der Waals surface area contributed by atoms with E-state index >= 15 is 0 Å². The van der Waals surface area contributed by atoms with Gasteiger partial charge in [-0.3, -0.25) is 9.80 Å². The minimum absolute atomic E-state index is 0.0353. The summed E-state index contributed by atoms with van der Waals surface area (Å²) in [4.78, 5) is 4.95. The first-order valence-electron chi connectivity index (χ1n) is 9.43. The van der Waals surface area contributed by atoms with E-state index in [1.54, 1.807) is 6.07 Å². The van der Waals surface area contributed by atoms with Crippen LogP contribution in [0.1, 0.15) is 36.6 Å². The minimum Gasteiger partial charge on any atom is -0.508 e. The average molecular weight is 361 g/mol. The van der Waals surface area contributed by atoms with Gasteiger partial charge in [0.1, 0.15) is 5.75 Å². The van der Waals surface area contributed by atoms with Crippen LogP contribution >= 0.6 is 0 Å². The van der Waals surface area contributed by atoms with Crippen molar-refractivity contribution in [1.29, 1.82) is 5.26 Å². The molecule has 1 aliphatic heterocycles. The number of hydrogen-bond donors (Lipinski definition) is 1. The SMILES string of the molecule is C=CCN1C[C@@H](C)N([C@H](c2ccc(C#N)cc2)c2cccc(O)c2)C[C@@H]1C. The van der Waals surface area contributed by atoms with Crippen molar-refractivity contribution in [1.82, 2.24) is 9.80 Å². The van der Waals surface area contributed by atoms with Crippen molar-refractivity contribution in [2.45, 2.75) is 32.0 Å². The van der Waals surface area contributed by atoms with E-state index < -0.39 is 0 Å². The molecule has 0 amide bonds. The van der Waals surface area contributed by atoms with Crippen LogP contribution in [-0.4, -0.2) is 46.6 Å². The summed E-state index contributed by atoms with van der Waals surface area (Å²) in [5, 5.41) is 19.2. The Balaban J connectivity index is 1.99. The van der Waals surface area contributed by atoms with Gasteiger partial charge in [0.15, 0.2) is 0 Å². The van der Waals surface area contributed by atoms with Crippen molar-refractivity contribution in [3.63, 3.8) is 0 Å². The minimum atomic E-state index is 0.0353. The van der Waals surface area contributed by atoms with Gasteiger partial charge in [0.05, 0.1) is 17.7 Å². The standard InChI is InChI=1S/C23H27N3O/c1-4-12-25-15-18(3)26(16-17(25)2)23(21-6-5-7-22(27)13-21)20-10-8-19(14-24)9-11-20/h4-11,13,17-18,23,27H,1,12,15-16H2,2-3H3/t17-,18+,23+/m0/s1. The molecule has 0 aliphatic carbocycles. The molecule has 0 saturated carbocycles. The zero-order valence-electron chi connectivity index (χ0n) is 16.0. The Hall–Kier alpha value is -2.61. The zero-order valence-corrected chi connectivity index (χ0v) is 16.0. The molecule has 1 fully saturated rings. The van der Waals surface area contributed by atoms with E-state index in [4.69, 9.17) is 5.26 Å². The normalized spacial score (nSPS) is 22.1. The van der Waals surface area contributed by atoms with Crippen LogP contribution in [0.5, 0.6) is 5.75 Å². The third-order valence-corrected chi connectivity index (χ3v) is 5.40. The molecule has 0 spiro atoms. The molecule has 1 aliphatic rings. The molecule has 0 unspecified atom stereocenters. The molecule has 3 atom stereocenters. The third kappa shape index (κ3) is 4.21. The first kappa shape index (κ1) is 19.2. The Bertz CT molecular complexity index is 824. The Morgan fingerprint density at radius 1 is 1.15 bits per heavy atom. The summed E-state index contributed by atoms with van der Waals surface area (Å²) >= 11 is 0. The number of nitriles is 1. The van der Waals surface area contributed by atoms with E-state index in [-0.39, 0.29) is 11.8 Å². The fourth-order valence-corrected chi connectivity index (χ4v) is 4.02. The summed E-state index contributed by atoms with van der Waals surface area (Å²) in [6.07, 6.45) is 1.96. The quantitative estimate of drug-likeness (QED) is 0.820. The van der Waals surface area contributed by atoms with Gasteiger partial charge >= 0.3 is 0 Å². The maximum atomic E-state index is 10.0. The lowest BCUT2D eigenvalue weighted by Gasteiger charge is -2.47. The monoisotopic (exact) mass is 361 g/mol.